The maximum Gasteiger partial charge on any atom is 0.418 e. The fourth-order valence-corrected chi connectivity index (χ4v) is 3.00. The highest BCUT2D eigenvalue weighted by Crippen LogP contribution is 2.37. The molecule has 0 unspecified atom stereocenters. The molecule has 3 rings (SSSR count). The summed E-state index contributed by atoms with van der Waals surface area (Å²) in [6, 6.07) is 7.26. The van der Waals surface area contributed by atoms with Gasteiger partial charge in [0.1, 0.15) is 5.82 Å². The first-order valence-corrected chi connectivity index (χ1v) is 8.41. The van der Waals surface area contributed by atoms with Gasteiger partial charge in [0.2, 0.25) is 5.95 Å². The van der Waals surface area contributed by atoms with Crippen LogP contribution < -0.4 is 14.7 Å². The molecule has 142 valence electrons. The van der Waals surface area contributed by atoms with Gasteiger partial charge in [-0.2, -0.15) is 23.4 Å². The number of nitrogens with zero attached hydrogens (tertiary/aromatic N) is 6. The molecule has 0 atom stereocenters. The molecule has 6 nitrogen and oxygen atoms in total. The number of anilines is 3. The van der Waals surface area contributed by atoms with Crippen molar-refractivity contribution < 1.29 is 13.2 Å². The van der Waals surface area contributed by atoms with Crippen LogP contribution in [0.15, 0.2) is 30.5 Å². The van der Waals surface area contributed by atoms with Crippen LogP contribution >= 0.6 is 0 Å². The Bertz CT molecular complexity index is 851. The van der Waals surface area contributed by atoms with Gasteiger partial charge in [-0.15, -0.1) is 0 Å². The number of piperazine rings is 1. The molecule has 1 saturated heterocycles. The zero-order chi connectivity index (χ0) is 19.6. The molecule has 2 aromatic rings. The Labute approximate surface area is 155 Å². The van der Waals surface area contributed by atoms with E-state index >= 15 is 0 Å². The van der Waals surface area contributed by atoms with E-state index in [1.807, 2.05) is 23.9 Å². The quantitative estimate of drug-likeness (QED) is 0.821. The third kappa shape index (κ3) is 4.05. The maximum atomic E-state index is 13.4. The molecule has 0 aliphatic carbocycles. The van der Waals surface area contributed by atoms with Crippen molar-refractivity contribution in [2.45, 2.75) is 6.18 Å². The van der Waals surface area contributed by atoms with Crippen LogP contribution in [0, 0.1) is 11.3 Å². The third-order valence-corrected chi connectivity index (χ3v) is 4.42. The van der Waals surface area contributed by atoms with E-state index in [9.17, 15) is 13.2 Å². The second kappa shape index (κ2) is 7.31. The molecule has 0 radical (unpaired) electrons. The minimum atomic E-state index is -4.51. The van der Waals surface area contributed by atoms with Crippen LogP contribution in [-0.4, -0.2) is 50.2 Å². The van der Waals surface area contributed by atoms with Crippen LogP contribution in [0.25, 0.3) is 0 Å². The van der Waals surface area contributed by atoms with Crippen LogP contribution in [0.5, 0.6) is 0 Å². The lowest BCUT2D eigenvalue weighted by Gasteiger charge is -2.37. The number of alkyl halides is 3. The van der Waals surface area contributed by atoms with Gasteiger partial charge in [0.05, 0.1) is 17.2 Å². The summed E-state index contributed by atoms with van der Waals surface area (Å²) < 4.78 is 40.2. The Hall–Kier alpha value is -3.02. The second-order valence-electron chi connectivity index (χ2n) is 6.42. The monoisotopic (exact) mass is 376 g/mol. The van der Waals surface area contributed by atoms with Crippen molar-refractivity contribution in [1.82, 2.24) is 9.97 Å². The summed E-state index contributed by atoms with van der Waals surface area (Å²) >= 11 is 0. The number of rotatable bonds is 3. The van der Waals surface area contributed by atoms with Crippen molar-refractivity contribution in [1.29, 1.82) is 5.26 Å². The fraction of sp³-hybridized carbons (Fsp3) is 0.389. The van der Waals surface area contributed by atoms with Crippen LogP contribution in [0.1, 0.15) is 11.1 Å². The first kappa shape index (κ1) is 18.8. The Balaban J connectivity index is 1.78. The largest absolute Gasteiger partial charge is 0.418 e. The molecule has 1 aliphatic rings. The van der Waals surface area contributed by atoms with Gasteiger partial charge in [0.25, 0.3) is 0 Å². The molecule has 0 N–H and O–H groups in total. The predicted molar refractivity (Wildman–Crippen MR) is 96.9 cm³/mol. The fourth-order valence-electron chi connectivity index (χ4n) is 3.00. The van der Waals surface area contributed by atoms with E-state index in [0.717, 1.165) is 11.9 Å². The van der Waals surface area contributed by atoms with E-state index in [1.54, 1.807) is 23.2 Å². The molecule has 2 heterocycles. The lowest BCUT2D eigenvalue weighted by atomic mass is 10.1. The summed E-state index contributed by atoms with van der Waals surface area (Å²) in [5.74, 6) is 1.34. The van der Waals surface area contributed by atoms with Crippen molar-refractivity contribution >= 4 is 17.5 Å². The zero-order valence-electron chi connectivity index (χ0n) is 15.0. The lowest BCUT2D eigenvalue weighted by Crippen LogP contribution is -2.47. The first-order chi connectivity index (χ1) is 12.8. The van der Waals surface area contributed by atoms with E-state index in [2.05, 4.69) is 9.97 Å². The van der Waals surface area contributed by atoms with Gasteiger partial charge < -0.3 is 14.7 Å². The highest BCUT2D eigenvalue weighted by molar-refractivity contribution is 5.59. The van der Waals surface area contributed by atoms with Gasteiger partial charge in [-0.3, -0.25) is 0 Å². The highest BCUT2D eigenvalue weighted by atomic mass is 19.4. The summed E-state index contributed by atoms with van der Waals surface area (Å²) in [6.45, 7) is 1.83. The van der Waals surface area contributed by atoms with Gasteiger partial charge in [-0.25, -0.2) is 4.98 Å². The standard InChI is InChI=1S/C18H19F3N6/c1-25(2)16-5-6-23-17(24-16)27-9-7-26(8-10-27)15-4-3-13(12-22)11-14(15)18(19,20)21/h3-6,11H,7-10H2,1-2H3. The second-order valence-corrected chi connectivity index (χ2v) is 6.42. The summed E-state index contributed by atoms with van der Waals surface area (Å²) in [6.07, 6.45) is -2.84. The van der Waals surface area contributed by atoms with Crippen molar-refractivity contribution in [3.05, 3.63) is 41.6 Å². The van der Waals surface area contributed by atoms with E-state index in [4.69, 9.17) is 5.26 Å². The molecule has 1 fully saturated rings. The van der Waals surface area contributed by atoms with Crippen LogP contribution in [-0.2, 0) is 6.18 Å². The molecule has 9 heteroatoms. The molecule has 0 amide bonds. The van der Waals surface area contributed by atoms with Gasteiger partial charge in [-0.05, 0) is 24.3 Å². The topological polar surface area (TPSA) is 59.3 Å². The summed E-state index contributed by atoms with van der Waals surface area (Å²) in [4.78, 5) is 14.3. The Morgan fingerprint density at radius 1 is 1.07 bits per heavy atom. The molecule has 27 heavy (non-hydrogen) atoms. The normalized spacial score (nSPS) is 14.8. The predicted octanol–water partition coefficient (Wildman–Crippen LogP) is 2.76. The summed E-state index contributed by atoms with van der Waals surface area (Å²) in [5, 5.41) is 8.90. The molecule has 0 bridgehead atoms. The van der Waals surface area contributed by atoms with Gasteiger partial charge in [0, 0.05) is 52.2 Å². The highest BCUT2D eigenvalue weighted by Gasteiger charge is 2.36. The Morgan fingerprint density at radius 3 is 2.33 bits per heavy atom. The molecular weight excluding hydrogens is 357 g/mol. The van der Waals surface area contributed by atoms with Gasteiger partial charge in [0.15, 0.2) is 0 Å². The number of halogens is 3. The van der Waals surface area contributed by atoms with E-state index < -0.39 is 11.7 Å². The minimum absolute atomic E-state index is 0.00129. The van der Waals surface area contributed by atoms with Gasteiger partial charge >= 0.3 is 6.18 Å². The van der Waals surface area contributed by atoms with Gasteiger partial charge in [-0.1, -0.05) is 0 Å². The average Bonchev–Trinajstić information content (AvgIpc) is 2.67. The van der Waals surface area contributed by atoms with Crippen LogP contribution in [0.3, 0.4) is 0 Å². The van der Waals surface area contributed by atoms with Crippen molar-refractivity contribution in [3.63, 3.8) is 0 Å². The van der Waals surface area contributed by atoms with Crippen LogP contribution in [0.2, 0.25) is 0 Å². The Kier molecular flexibility index (Phi) is 5.08. The molecule has 0 saturated carbocycles. The maximum absolute atomic E-state index is 13.4. The zero-order valence-corrected chi connectivity index (χ0v) is 15.0. The smallest absolute Gasteiger partial charge is 0.367 e. The van der Waals surface area contributed by atoms with Crippen molar-refractivity contribution in [2.75, 3.05) is 55.0 Å². The third-order valence-electron chi connectivity index (χ3n) is 4.42. The van der Waals surface area contributed by atoms with Crippen molar-refractivity contribution in [2.24, 2.45) is 0 Å². The molecule has 0 spiro atoms. The molecular formula is C18H19F3N6. The van der Waals surface area contributed by atoms with E-state index in [-0.39, 0.29) is 11.3 Å². The van der Waals surface area contributed by atoms with E-state index in [0.29, 0.717) is 32.1 Å². The number of hydrogen-bond acceptors (Lipinski definition) is 6. The lowest BCUT2D eigenvalue weighted by molar-refractivity contribution is -0.137. The van der Waals surface area contributed by atoms with E-state index in [1.165, 1.54) is 12.1 Å². The molecule has 1 aromatic carbocycles. The summed E-state index contributed by atoms with van der Waals surface area (Å²) in [7, 11) is 3.77. The first-order valence-electron chi connectivity index (χ1n) is 8.41. The van der Waals surface area contributed by atoms with Crippen LogP contribution in [0.4, 0.5) is 30.6 Å². The number of aromatic nitrogens is 2. The Morgan fingerprint density at radius 2 is 1.74 bits per heavy atom. The summed E-state index contributed by atoms with van der Waals surface area (Å²) in [5.41, 5.74) is -0.677. The number of hydrogen-bond donors (Lipinski definition) is 0. The molecule has 1 aromatic heterocycles. The minimum Gasteiger partial charge on any atom is -0.367 e. The average molecular weight is 376 g/mol. The SMILES string of the molecule is CN(C)c1ccnc(N2CCN(c3ccc(C#N)cc3C(F)(F)F)CC2)n1. The number of nitriles is 1. The van der Waals surface area contributed by atoms with Crippen molar-refractivity contribution in [3.8, 4) is 6.07 Å². The number of benzene rings is 1. The molecule has 1 aliphatic heterocycles.